The summed E-state index contributed by atoms with van der Waals surface area (Å²) in [5, 5.41) is 8.14. The number of nitrogens with one attached hydrogen (secondary N) is 2. The fourth-order valence-electron chi connectivity index (χ4n) is 7.53. The van der Waals surface area contributed by atoms with Crippen LogP contribution < -0.4 is 26.0 Å². The molecule has 1 saturated carbocycles. The number of ether oxygens (including phenoxy) is 1. The minimum absolute atomic E-state index is 0.183. The summed E-state index contributed by atoms with van der Waals surface area (Å²) in [6, 6.07) is 18.1. The van der Waals surface area contributed by atoms with Crippen LogP contribution in [0.4, 0.5) is 27.5 Å². The van der Waals surface area contributed by atoms with Crippen molar-refractivity contribution in [2.24, 2.45) is 5.41 Å². The van der Waals surface area contributed by atoms with E-state index in [-0.39, 0.29) is 12.8 Å². The Hall–Kier alpha value is -3.22. The number of hydrogen-bond acceptors (Lipinski definition) is 8. The number of aryl methyl sites for hydroxylation is 1. The van der Waals surface area contributed by atoms with Crippen LogP contribution in [0.5, 0.6) is 5.75 Å². The van der Waals surface area contributed by atoms with Gasteiger partial charge in [0.2, 0.25) is 5.95 Å². The first-order valence-corrected chi connectivity index (χ1v) is 23.0. The Kier molecular flexibility index (Phi) is 11.3. The van der Waals surface area contributed by atoms with Crippen LogP contribution in [0.3, 0.4) is 0 Å². The average Bonchev–Trinajstić information content (AvgIpc) is 3.09. The molecule has 1 spiro atoms. The molecule has 1 saturated heterocycles. The molecule has 0 amide bonds. The molecule has 0 radical (unpaired) electrons. The van der Waals surface area contributed by atoms with Gasteiger partial charge in [0.25, 0.3) is 0 Å². The Morgan fingerprint density at radius 2 is 1.67 bits per heavy atom. The zero-order valence-electron chi connectivity index (χ0n) is 30.2. The van der Waals surface area contributed by atoms with Crippen molar-refractivity contribution in [1.29, 1.82) is 0 Å². The molecule has 272 valence electrons. The fraction of sp³-hybridized carbons (Fsp3) is 0.436. The van der Waals surface area contributed by atoms with E-state index in [1.165, 1.54) is 62.7 Å². The van der Waals surface area contributed by atoms with Gasteiger partial charge in [-0.3, -0.25) is 0 Å². The van der Waals surface area contributed by atoms with Gasteiger partial charge in [0.15, 0.2) is 5.82 Å². The maximum Gasteiger partial charge on any atom is 0.229 e. The zero-order valence-corrected chi connectivity index (χ0v) is 32.8. The lowest BCUT2D eigenvalue weighted by atomic mass is 9.64. The molecule has 4 aromatic rings. The summed E-state index contributed by atoms with van der Waals surface area (Å²) in [6.07, 6.45) is 9.06. The highest BCUT2D eigenvalue weighted by Crippen LogP contribution is 2.49. The van der Waals surface area contributed by atoms with E-state index in [2.05, 4.69) is 44.7 Å². The Morgan fingerprint density at radius 1 is 0.941 bits per heavy atom. The number of halogens is 2. The third-order valence-corrected chi connectivity index (χ3v) is 15.1. The van der Waals surface area contributed by atoms with Crippen LogP contribution in [0.2, 0.25) is 5.02 Å². The molecule has 6 rings (SSSR count). The second kappa shape index (κ2) is 15.4. The van der Waals surface area contributed by atoms with Gasteiger partial charge in [0.1, 0.15) is 30.9 Å². The summed E-state index contributed by atoms with van der Waals surface area (Å²) >= 11 is 6.54. The highest BCUT2D eigenvalue weighted by atomic mass is 35.5. The normalized spacial score (nSPS) is 17.9. The number of likely N-dealkylation sites (tertiary alicyclic amines) is 1. The van der Waals surface area contributed by atoms with Crippen LogP contribution in [-0.2, 0) is 9.13 Å². The number of aromatic nitrogens is 2. The molecule has 2 aliphatic rings. The van der Waals surface area contributed by atoms with Gasteiger partial charge in [0.05, 0.1) is 24.2 Å². The zero-order chi connectivity index (χ0) is 36.4. The van der Waals surface area contributed by atoms with Crippen LogP contribution >= 0.6 is 25.9 Å². The standard InChI is InChI=1S/C39H49ClFN5O3P2/c1-27-10-12-30(41)25-36(27)51(5,48)23-22-49-34-24-29(28-14-16-39(17-15-28)18-20-46(2)21-19-39)11-13-32(34)44-38-42-26-31(40)37(45-38)43-33-8-6-7-9-35(33)50(3,4)47/h6-13,24-26,28H,14-23H2,1-5H3,(H2,42,43,44,45). The minimum atomic E-state index is -2.91. The molecule has 8 nitrogen and oxygen atoms in total. The summed E-state index contributed by atoms with van der Waals surface area (Å²) in [6.45, 7) is 9.53. The maximum absolute atomic E-state index is 14.1. The van der Waals surface area contributed by atoms with Crippen molar-refractivity contribution in [3.8, 4) is 5.75 Å². The lowest BCUT2D eigenvalue weighted by Crippen LogP contribution is -2.39. The summed E-state index contributed by atoms with van der Waals surface area (Å²) in [5.74, 6) is 1.31. The topological polar surface area (TPSA) is 96.5 Å². The molecule has 2 N–H and O–H groups in total. The summed E-state index contributed by atoms with van der Waals surface area (Å²) < 4.78 is 47.4. The van der Waals surface area contributed by atoms with Crippen molar-refractivity contribution in [1.82, 2.24) is 14.9 Å². The van der Waals surface area contributed by atoms with E-state index in [0.29, 0.717) is 55.9 Å². The summed E-state index contributed by atoms with van der Waals surface area (Å²) in [4.78, 5) is 11.6. The van der Waals surface area contributed by atoms with E-state index in [0.717, 1.165) is 18.4 Å². The van der Waals surface area contributed by atoms with Crippen molar-refractivity contribution in [3.05, 3.63) is 88.8 Å². The highest BCUT2D eigenvalue weighted by Gasteiger charge is 2.38. The molecule has 1 aliphatic heterocycles. The fourth-order valence-corrected chi connectivity index (χ4v) is 10.7. The van der Waals surface area contributed by atoms with Gasteiger partial charge in [-0.25, -0.2) is 9.37 Å². The van der Waals surface area contributed by atoms with Crippen LogP contribution in [-0.4, -0.2) is 67.8 Å². The van der Waals surface area contributed by atoms with Crippen LogP contribution in [0, 0.1) is 18.2 Å². The second-order valence-electron chi connectivity index (χ2n) is 14.9. The molecule has 1 unspecified atom stereocenters. The lowest BCUT2D eigenvalue weighted by Gasteiger charge is -2.45. The molecular formula is C39H49ClFN5O3P2. The van der Waals surface area contributed by atoms with Gasteiger partial charge in [-0.1, -0.05) is 35.9 Å². The van der Waals surface area contributed by atoms with E-state index >= 15 is 0 Å². The van der Waals surface area contributed by atoms with E-state index in [4.69, 9.17) is 16.3 Å². The molecule has 1 aliphatic carbocycles. The Balaban J connectivity index is 1.24. The maximum atomic E-state index is 14.1. The predicted octanol–water partition coefficient (Wildman–Crippen LogP) is 9.38. The molecular weight excluding hydrogens is 703 g/mol. The van der Waals surface area contributed by atoms with Crippen LogP contribution in [0.1, 0.15) is 55.6 Å². The Labute approximate surface area is 306 Å². The molecule has 2 fully saturated rings. The van der Waals surface area contributed by atoms with Gasteiger partial charge in [0, 0.05) is 16.8 Å². The molecule has 1 aromatic heterocycles. The third-order valence-electron chi connectivity index (χ3n) is 10.8. The molecule has 0 bridgehead atoms. The number of piperidine rings is 1. The number of nitrogens with zero attached hydrogens (tertiary/aromatic N) is 3. The van der Waals surface area contributed by atoms with Crippen molar-refractivity contribution in [2.75, 3.05) is 63.5 Å². The van der Waals surface area contributed by atoms with E-state index in [9.17, 15) is 13.5 Å². The van der Waals surface area contributed by atoms with Crippen molar-refractivity contribution >= 4 is 59.6 Å². The van der Waals surface area contributed by atoms with Gasteiger partial charge < -0.3 is 29.4 Å². The van der Waals surface area contributed by atoms with E-state index in [1.54, 1.807) is 26.1 Å². The van der Waals surface area contributed by atoms with Gasteiger partial charge >= 0.3 is 0 Å². The molecule has 51 heavy (non-hydrogen) atoms. The lowest BCUT2D eigenvalue weighted by molar-refractivity contribution is 0.0741. The van der Waals surface area contributed by atoms with Crippen molar-refractivity contribution in [2.45, 2.75) is 51.4 Å². The molecule has 1 atom stereocenters. The van der Waals surface area contributed by atoms with E-state index in [1.807, 2.05) is 37.3 Å². The Bertz CT molecular complexity index is 1970. The van der Waals surface area contributed by atoms with Gasteiger partial charge in [-0.05, 0) is 144 Å². The summed E-state index contributed by atoms with van der Waals surface area (Å²) in [5.41, 5.74) is 3.81. The quantitative estimate of drug-likeness (QED) is 0.147. The number of benzene rings is 3. The average molecular weight is 752 g/mol. The predicted molar refractivity (Wildman–Crippen MR) is 211 cm³/mol. The van der Waals surface area contributed by atoms with Gasteiger partial charge in [-0.15, -0.1) is 0 Å². The largest absolute Gasteiger partial charge is 0.491 e. The summed E-state index contributed by atoms with van der Waals surface area (Å²) in [7, 11) is -3.27. The number of anilines is 4. The van der Waals surface area contributed by atoms with Crippen molar-refractivity contribution < 1.29 is 18.3 Å². The first-order valence-electron chi connectivity index (χ1n) is 17.7. The number of rotatable bonds is 11. The van der Waals surface area contributed by atoms with Crippen LogP contribution in [0.25, 0.3) is 0 Å². The Morgan fingerprint density at radius 3 is 2.39 bits per heavy atom. The molecule has 2 heterocycles. The number of hydrogen-bond donors (Lipinski definition) is 2. The van der Waals surface area contributed by atoms with Crippen LogP contribution in [0.15, 0.2) is 66.9 Å². The van der Waals surface area contributed by atoms with E-state index < -0.39 is 20.1 Å². The number of para-hydroxylation sites is 1. The minimum Gasteiger partial charge on any atom is -0.491 e. The highest BCUT2D eigenvalue weighted by molar-refractivity contribution is 7.71. The second-order valence-corrected chi connectivity index (χ2v) is 21.7. The monoisotopic (exact) mass is 751 g/mol. The molecule has 12 heteroatoms. The first kappa shape index (κ1) is 37.5. The molecule has 3 aromatic carbocycles. The third kappa shape index (κ3) is 9.06. The smallest absolute Gasteiger partial charge is 0.229 e. The van der Waals surface area contributed by atoms with Gasteiger partial charge in [-0.2, -0.15) is 4.98 Å². The first-order chi connectivity index (χ1) is 24.2. The van der Waals surface area contributed by atoms with Crippen molar-refractivity contribution in [3.63, 3.8) is 0 Å². The SMILES string of the molecule is Cc1ccc(F)cc1P(C)(=O)CCOc1cc(C2CCC3(CC2)CCN(C)CC3)ccc1Nc1ncc(Cl)c(Nc2ccccc2P(C)(C)=O)n1.